The van der Waals surface area contributed by atoms with Crippen LogP contribution in [0.2, 0.25) is 0 Å². The molecule has 0 amide bonds. The number of rotatable bonds is 3. The second-order valence-electron chi connectivity index (χ2n) is 7.88. The third-order valence-electron chi connectivity index (χ3n) is 5.72. The van der Waals surface area contributed by atoms with Crippen LogP contribution >= 0.6 is 0 Å². The summed E-state index contributed by atoms with van der Waals surface area (Å²) in [6, 6.07) is 13.6. The van der Waals surface area contributed by atoms with Gasteiger partial charge >= 0.3 is 5.97 Å². The summed E-state index contributed by atoms with van der Waals surface area (Å²) in [5, 5.41) is 23.1. The fourth-order valence-corrected chi connectivity index (χ4v) is 4.10. The minimum atomic E-state index is -0.854. The Labute approximate surface area is 195 Å². The van der Waals surface area contributed by atoms with Gasteiger partial charge in [0.1, 0.15) is 5.75 Å². The third-order valence-corrected chi connectivity index (χ3v) is 5.72. The Morgan fingerprint density at radius 3 is 2.09 bits per heavy atom. The SMILES string of the molecule is CCOC(=O)c1c2c(c(O)c3ccccc3c(O)n(-c3ccc(C)cc3)c1C)C(=O)C=CC2=O. The summed E-state index contributed by atoms with van der Waals surface area (Å²) in [6.07, 6.45) is 2.11. The van der Waals surface area contributed by atoms with Crippen LogP contribution in [0, 0.1) is 13.8 Å². The van der Waals surface area contributed by atoms with Crippen molar-refractivity contribution in [3.63, 3.8) is 0 Å². The number of ketones is 2. The summed E-state index contributed by atoms with van der Waals surface area (Å²) in [4.78, 5) is 39.2. The van der Waals surface area contributed by atoms with E-state index >= 15 is 0 Å². The molecule has 0 atom stereocenters. The van der Waals surface area contributed by atoms with E-state index in [0.29, 0.717) is 5.69 Å². The van der Waals surface area contributed by atoms with E-state index in [1.54, 1.807) is 44.2 Å². The standard InChI is InChI=1S/C27H23NO6/c1-4-34-27(33)22-16(3)28(17-11-9-15(2)10-12-17)26(32)19-8-6-5-7-18(19)25(31)24-21(30)14-13-20(29)23(22)24/h5-14,31-32H,4H2,1-3H3. The third kappa shape index (κ3) is 3.71. The lowest BCUT2D eigenvalue weighted by molar-refractivity contribution is 0.0522. The highest BCUT2D eigenvalue weighted by molar-refractivity contribution is 6.26. The van der Waals surface area contributed by atoms with Crippen LogP contribution in [-0.2, 0) is 4.74 Å². The molecule has 1 aliphatic carbocycles. The number of aryl methyl sites for hydroxylation is 1. The summed E-state index contributed by atoms with van der Waals surface area (Å²) in [5.74, 6) is -2.93. The molecule has 7 nitrogen and oxygen atoms in total. The fraction of sp³-hybridized carbons (Fsp3) is 0.148. The molecule has 4 rings (SSSR count). The first kappa shape index (κ1) is 22.8. The second kappa shape index (κ2) is 8.86. The van der Waals surface area contributed by atoms with Crippen LogP contribution in [0.25, 0.3) is 16.5 Å². The summed E-state index contributed by atoms with van der Waals surface area (Å²) in [7, 11) is 0. The van der Waals surface area contributed by atoms with Crippen molar-refractivity contribution in [3.05, 3.63) is 88.6 Å². The molecule has 3 aromatic rings. The molecule has 1 heterocycles. The number of carbonyl (C=O) groups excluding carboxylic acids is 3. The minimum Gasteiger partial charge on any atom is -0.506 e. The quantitative estimate of drug-likeness (QED) is 0.542. The van der Waals surface area contributed by atoms with Crippen LogP contribution in [0.1, 0.15) is 49.3 Å². The maximum atomic E-state index is 13.2. The van der Waals surface area contributed by atoms with Gasteiger partial charge in [-0.05, 0) is 51.1 Å². The maximum absolute atomic E-state index is 13.2. The van der Waals surface area contributed by atoms with Crippen LogP contribution < -0.4 is 0 Å². The number of carbonyl (C=O) groups is 3. The molecule has 1 aliphatic rings. The average molecular weight is 457 g/mol. The number of hydrogen-bond acceptors (Lipinski definition) is 6. The highest BCUT2D eigenvalue weighted by Crippen LogP contribution is 2.37. The van der Waals surface area contributed by atoms with Gasteiger partial charge in [-0.3, -0.25) is 14.2 Å². The maximum Gasteiger partial charge on any atom is 0.340 e. The number of fused-ring (bicyclic) bond motifs is 2. The Hall–Kier alpha value is -4.39. The molecular weight excluding hydrogens is 434 g/mol. The van der Waals surface area contributed by atoms with E-state index < -0.39 is 23.3 Å². The molecule has 172 valence electrons. The zero-order valence-corrected chi connectivity index (χ0v) is 19.0. The highest BCUT2D eigenvalue weighted by Gasteiger charge is 2.31. The van der Waals surface area contributed by atoms with Crippen molar-refractivity contribution in [1.29, 1.82) is 0 Å². The molecule has 0 saturated heterocycles. The number of esters is 1. The van der Waals surface area contributed by atoms with Crippen LogP contribution in [-0.4, -0.2) is 38.9 Å². The first-order valence-corrected chi connectivity index (χ1v) is 10.7. The van der Waals surface area contributed by atoms with E-state index in [-0.39, 0.29) is 45.6 Å². The molecule has 2 aromatic carbocycles. The number of aromatic hydroxyl groups is 2. The lowest BCUT2D eigenvalue weighted by atomic mass is 9.90. The predicted molar refractivity (Wildman–Crippen MR) is 127 cm³/mol. The van der Waals surface area contributed by atoms with E-state index in [9.17, 15) is 24.6 Å². The summed E-state index contributed by atoms with van der Waals surface area (Å²) < 4.78 is 6.65. The zero-order chi connectivity index (χ0) is 24.6. The molecule has 34 heavy (non-hydrogen) atoms. The fourth-order valence-electron chi connectivity index (χ4n) is 4.10. The number of hydrogen-bond donors (Lipinski definition) is 2. The molecule has 0 aliphatic heterocycles. The van der Waals surface area contributed by atoms with Gasteiger partial charge in [-0.25, -0.2) is 4.79 Å². The predicted octanol–water partition coefficient (Wildman–Crippen LogP) is 4.89. The first-order chi connectivity index (χ1) is 16.3. The van der Waals surface area contributed by atoms with Gasteiger partial charge in [-0.15, -0.1) is 0 Å². The Balaban J connectivity index is 2.39. The summed E-state index contributed by atoms with van der Waals surface area (Å²) in [6.45, 7) is 5.10. The van der Waals surface area contributed by atoms with Crippen molar-refractivity contribution < 1.29 is 29.3 Å². The minimum absolute atomic E-state index is 0.0202. The van der Waals surface area contributed by atoms with Crippen molar-refractivity contribution in [2.24, 2.45) is 0 Å². The number of benzene rings is 2. The van der Waals surface area contributed by atoms with E-state index in [2.05, 4.69) is 0 Å². The molecule has 0 bridgehead atoms. The molecule has 0 radical (unpaired) electrons. The monoisotopic (exact) mass is 457 g/mol. The van der Waals surface area contributed by atoms with Gasteiger partial charge < -0.3 is 14.9 Å². The molecule has 1 aromatic heterocycles. The molecule has 0 fully saturated rings. The summed E-state index contributed by atoms with van der Waals surface area (Å²) >= 11 is 0. The topological polar surface area (TPSA) is 106 Å². The first-order valence-electron chi connectivity index (χ1n) is 10.7. The molecule has 7 heteroatoms. The summed E-state index contributed by atoms with van der Waals surface area (Å²) in [5.41, 5.74) is 0.836. The van der Waals surface area contributed by atoms with Crippen LogP contribution in [0.3, 0.4) is 0 Å². The van der Waals surface area contributed by atoms with Crippen molar-refractivity contribution in [2.75, 3.05) is 6.61 Å². The molecule has 0 unspecified atom stereocenters. The van der Waals surface area contributed by atoms with E-state index in [0.717, 1.165) is 17.7 Å². The highest BCUT2D eigenvalue weighted by atomic mass is 16.5. The lowest BCUT2D eigenvalue weighted by Crippen LogP contribution is -2.20. The zero-order valence-electron chi connectivity index (χ0n) is 19.0. The van der Waals surface area contributed by atoms with Crippen LogP contribution in [0.4, 0.5) is 0 Å². The molecular formula is C27H23NO6. The number of allylic oxidation sites excluding steroid dienone is 2. The van der Waals surface area contributed by atoms with Crippen LogP contribution in [0.15, 0.2) is 60.7 Å². The van der Waals surface area contributed by atoms with Gasteiger partial charge in [0.05, 0.1) is 23.3 Å². The smallest absolute Gasteiger partial charge is 0.340 e. The van der Waals surface area contributed by atoms with Crippen LogP contribution in [0.5, 0.6) is 11.6 Å². The molecule has 0 spiro atoms. The second-order valence-corrected chi connectivity index (χ2v) is 7.88. The Morgan fingerprint density at radius 1 is 0.882 bits per heavy atom. The number of nitrogens with zero attached hydrogens (tertiary/aromatic N) is 1. The van der Waals surface area contributed by atoms with E-state index in [4.69, 9.17) is 4.74 Å². The normalized spacial score (nSPS) is 12.4. The number of aromatic nitrogens is 1. The van der Waals surface area contributed by atoms with Crippen molar-refractivity contribution in [3.8, 4) is 17.3 Å². The van der Waals surface area contributed by atoms with Gasteiger partial charge in [0.2, 0.25) is 5.88 Å². The Kier molecular flexibility index (Phi) is 5.94. The van der Waals surface area contributed by atoms with Gasteiger partial charge in [0.15, 0.2) is 11.6 Å². The van der Waals surface area contributed by atoms with Crippen molar-refractivity contribution in [1.82, 2.24) is 4.57 Å². The van der Waals surface area contributed by atoms with Gasteiger partial charge in [-0.2, -0.15) is 0 Å². The average Bonchev–Trinajstić information content (AvgIpc) is 2.85. The van der Waals surface area contributed by atoms with Gasteiger partial charge in [0, 0.05) is 22.2 Å². The Bertz CT molecular complexity index is 1440. The van der Waals surface area contributed by atoms with Crippen molar-refractivity contribution in [2.45, 2.75) is 20.8 Å². The Morgan fingerprint density at radius 2 is 1.47 bits per heavy atom. The molecule has 0 saturated carbocycles. The molecule has 2 N–H and O–H groups in total. The number of ether oxygens (including phenoxy) is 1. The van der Waals surface area contributed by atoms with Gasteiger partial charge in [-0.1, -0.05) is 35.9 Å². The largest absolute Gasteiger partial charge is 0.506 e. The van der Waals surface area contributed by atoms with E-state index in [1.807, 2.05) is 19.1 Å². The van der Waals surface area contributed by atoms with Gasteiger partial charge in [0.25, 0.3) is 0 Å². The van der Waals surface area contributed by atoms with Crippen molar-refractivity contribution >= 4 is 28.3 Å². The van der Waals surface area contributed by atoms with E-state index in [1.165, 1.54) is 10.6 Å². The lowest BCUT2D eigenvalue weighted by Gasteiger charge is -2.17.